The number of carbonyl (C=O) groups is 1. The fourth-order valence-electron chi connectivity index (χ4n) is 5.04. The van der Waals surface area contributed by atoms with Crippen LogP contribution in [0.4, 0.5) is 0 Å². The van der Waals surface area contributed by atoms with Crippen LogP contribution in [-0.2, 0) is 11.8 Å². The smallest absolute Gasteiger partial charge is 0.254 e. The van der Waals surface area contributed by atoms with Crippen LogP contribution < -0.4 is 5.56 Å². The Labute approximate surface area is 160 Å². The lowest BCUT2D eigenvalue weighted by atomic mass is 9.65. The summed E-state index contributed by atoms with van der Waals surface area (Å²) in [5.74, 6) is 1.10. The maximum absolute atomic E-state index is 12.8. The van der Waals surface area contributed by atoms with E-state index in [9.17, 15) is 9.59 Å². The van der Waals surface area contributed by atoms with Crippen LogP contribution in [0.5, 0.6) is 0 Å². The molecule has 3 rings (SSSR count). The van der Waals surface area contributed by atoms with Gasteiger partial charge in [-0.2, -0.15) is 0 Å². The average Bonchev–Trinajstić information content (AvgIpc) is 2.77. The van der Waals surface area contributed by atoms with E-state index >= 15 is 0 Å². The molecule has 0 aromatic carbocycles. The summed E-state index contributed by atoms with van der Waals surface area (Å²) in [6.07, 6.45) is 4.89. The van der Waals surface area contributed by atoms with Crippen molar-refractivity contribution in [2.24, 2.45) is 17.9 Å². The summed E-state index contributed by atoms with van der Waals surface area (Å²) in [5, 5.41) is 0.730. The van der Waals surface area contributed by atoms with Crippen molar-refractivity contribution in [3.05, 3.63) is 22.1 Å². The highest BCUT2D eigenvalue weighted by Gasteiger charge is 2.50. The topological polar surface area (TPSA) is 55.2 Å². The molecule has 0 radical (unpaired) electrons. The molecule has 144 valence electrons. The Bertz CT molecular complexity index is 758. The zero-order chi connectivity index (χ0) is 19.1. The van der Waals surface area contributed by atoms with E-state index in [0.29, 0.717) is 29.2 Å². The van der Waals surface area contributed by atoms with Gasteiger partial charge in [-0.1, -0.05) is 32.5 Å². The summed E-state index contributed by atoms with van der Waals surface area (Å²) in [6.45, 7) is 9.76. The minimum atomic E-state index is -0.0312. The number of hydrogen-bond donors (Lipinski definition) is 0. The fourth-order valence-corrected chi connectivity index (χ4v) is 6.00. The molecule has 1 amide bonds. The van der Waals surface area contributed by atoms with Gasteiger partial charge < -0.3 is 4.90 Å². The maximum Gasteiger partial charge on any atom is 0.254 e. The van der Waals surface area contributed by atoms with Gasteiger partial charge >= 0.3 is 0 Å². The van der Waals surface area contributed by atoms with Crippen molar-refractivity contribution in [1.29, 1.82) is 0 Å². The van der Waals surface area contributed by atoms with E-state index < -0.39 is 0 Å². The summed E-state index contributed by atoms with van der Waals surface area (Å²) < 4.78 is 1.58. The fraction of sp³-hybridized carbons (Fsp3) is 0.750. The first-order valence-corrected chi connectivity index (χ1v) is 10.5. The van der Waals surface area contributed by atoms with Crippen LogP contribution >= 0.6 is 11.8 Å². The first kappa shape index (κ1) is 19.5. The van der Waals surface area contributed by atoms with Gasteiger partial charge in [0.15, 0.2) is 5.16 Å². The highest BCUT2D eigenvalue weighted by molar-refractivity contribution is 7.99. The number of thioether (sulfide) groups is 1. The Morgan fingerprint density at radius 2 is 2.08 bits per heavy atom. The van der Waals surface area contributed by atoms with Crippen LogP contribution in [0.3, 0.4) is 0 Å². The van der Waals surface area contributed by atoms with Crippen LogP contribution in [0.2, 0.25) is 0 Å². The number of fused-ring (bicyclic) bond motifs is 2. The molecule has 2 unspecified atom stereocenters. The number of amides is 1. The molecule has 2 aliphatic rings. The molecule has 1 aliphatic carbocycles. The largest absolute Gasteiger partial charge is 0.339 e. The van der Waals surface area contributed by atoms with Gasteiger partial charge in [0.1, 0.15) is 0 Å². The third-order valence-electron chi connectivity index (χ3n) is 5.72. The summed E-state index contributed by atoms with van der Waals surface area (Å²) >= 11 is 1.56. The number of likely N-dealkylation sites (tertiary alicyclic amines) is 1. The Morgan fingerprint density at radius 3 is 2.81 bits per heavy atom. The molecular formula is C20H31N3O2S. The van der Waals surface area contributed by atoms with Crippen molar-refractivity contribution < 1.29 is 4.79 Å². The quantitative estimate of drug-likeness (QED) is 0.448. The third-order valence-corrected chi connectivity index (χ3v) is 6.84. The lowest BCUT2D eigenvalue weighted by Gasteiger charge is -2.39. The Hall–Kier alpha value is -1.30. The van der Waals surface area contributed by atoms with Crippen molar-refractivity contribution in [2.45, 2.75) is 71.0 Å². The van der Waals surface area contributed by atoms with E-state index in [1.807, 2.05) is 6.92 Å². The molecule has 6 heteroatoms. The highest BCUT2D eigenvalue weighted by Crippen LogP contribution is 2.52. The van der Waals surface area contributed by atoms with Gasteiger partial charge in [0, 0.05) is 43.6 Å². The van der Waals surface area contributed by atoms with Crippen LogP contribution in [0.15, 0.2) is 16.0 Å². The predicted molar refractivity (Wildman–Crippen MR) is 105 cm³/mol. The summed E-state index contributed by atoms with van der Waals surface area (Å²) in [4.78, 5) is 31.2. The van der Waals surface area contributed by atoms with Crippen LogP contribution in [-0.4, -0.2) is 38.7 Å². The number of nitrogens with zero attached hydrogens (tertiary/aromatic N) is 3. The molecule has 1 aromatic rings. The average molecular weight is 378 g/mol. The van der Waals surface area contributed by atoms with E-state index in [1.54, 1.807) is 29.4 Å². The molecular weight excluding hydrogens is 346 g/mol. The van der Waals surface area contributed by atoms with E-state index in [1.165, 1.54) is 6.42 Å². The highest BCUT2D eigenvalue weighted by atomic mass is 32.2. The van der Waals surface area contributed by atoms with Crippen molar-refractivity contribution in [3.8, 4) is 0 Å². The summed E-state index contributed by atoms with van der Waals surface area (Å²) in [7, 11) is 1.75. The minimum absolute atomic E-state index is 0.0312. The minimum Gasteiger partial charge on any atom is -0.339 e. The van der Waals surface area contributed by atoms with Crippen LogP contribution in [0, 0.1) is 17.8 Å². The lowest BCUT2D eigenvalue weighted by Crippen LogP contribution is -2.37. The molecule has 2 heterocycles. The molecule has 2 fully saturated rings. The second-order valence-corrected chi connectivity index (χ2v) is 10.3. The molecule has 5 nitrogen and oxygen atoms in total. The van der Waals surface area contributed by atoms with E-state index in [-0.39, 0.29) is 5.56 Å². The third kappa shape index (κ3) is 4.16. The maximum atomic E-state index is 12.8. The van der Waals surface area contributed by atoms with Gasteiger partial charge in [0.2, 0.25) is 5.91 Å². The Morgan fingerprint density at radius 1 is 1.35 bits per heavy atom. The number of hydrogen-bond acceptors (Lipinski definition) is 4. The van der Waals surface area contributed by atoms with Gasteiger partial charge in [-0.25, -0.2) is 4.98 Å². The lowest BCUT2D eigenvalue weighted by molar-refractivity contribution is -0.132. The Balaban J connectivity index is 1.52. The van der Waals surface area contributed by atoms with E-state index in [4.69, 9.17) is 0 Å². The molecule has 0 N–H and O–H groups in total. The van der Waals surface area contributed by atoms with Crippen molar-refractivity contribution >= 4 is 17.7 Å². The van der Waals surface area contributed by atoms with Gasteiger partial charge in [0.25, 0.3) is 5.56 Å². The van der Waals surface area contributed by atoms with E-state index in [2.05, 4.69) is 30.7 Å². The van der Waals surface area contributed by atoms with Gasteiger partial charge in [-0.15, -0.1) is 0 Å². The van der Waals surface area contributed by atoms with Gasteiger partial charge in [0.05, 0.1) is 0 Å². The number of aromatic nitrogens is 2. The molecule has 1 aromatic heterocycles. The second kappa shape index (κ2) is 7.02. The Kier molecular flexibility index (Phi) is 5.26. The monoisotopic (exact) mass is 377 g/mol. The molecule has 2 atom stereocenters. The molecule has 1 saturated carbocycles. The molecule has 0 spiro atoms. The van der Waals surface area contributed by atoms with Crippen molar-refractivity contribution in [1.82, 2.24) is 14.5 Å². The van der Waals surface area contributed by atoms with Crippen molar-refractivity contribution in [2.75, 3.05) is 12.3 Å². The molecule has 1 saturated heterocycles. The number of rotatable bonds is 5. The second-order valence-electron chi connectivity index (χ2n) is 9.26. The van der Waals surface area contributed by atoms with Gasteiger partial charge in [-0.3, -0.25) is 14.2 Å². The zero-order valence-corrected chi connectivity index (χ0v) is 17.5. The normalized spacial score (nSPS) is 27.0. The number of aryl methyl sites for hydroxylation is 1. The first-order valence-electron chi connectivity index (χ1n) is 9.56. The first-order chi connectivity index (χ1) is 12.1. The van der Waals surface area contributed by atoms with E-state index in [0.717, 1.165) is 42.4 Å². The molecule has 26 heavy (non-hydrogen) atoms. The zero-order valence-electron chi connectivity index (χ0n) is 16.7. The summed E-state index contributed by atoms with van der Waals surface area (Å²) in [5.41, 5.74) is 1.34. The van der Waals surface area contributed by atoms with Crippen LogP contribution in [0.25, 0.3) is 0 Å². The predicted octanol–water partition coefficient (Wildman–Crippen LogP) is 3.39. The standard InChI is InChI=1S/C20H31N3O2S/c1-14-9-17(25)22(5)18(21-14)26-8-6-7-16(24)23-13-20(4)11-15(23)10-19(2,3)12-20/h9,15H,6-8,10-13H2,1-5H3. The van der Waals surface area contributed by atoms with Gasteiger partial charge in [-0.05, 0) is 43.4 Å². The molecule has 1 aliphatic heterocycles. The number of carbonyl (C=O) groups excluding carboxylic acids is 1. The summed E-state index contributed by atoms with van der Waals surface area (Å²) in [6, 6.07) is 1.96. The SMILES string of the molecule is Cc1cc(=O)n(C)c(SCCCC(=O)N2CC3(C)CC2CC(C)(C)C3)n1. The van der Waals surface area contributed by atoms with Crippen LogP contribution in [0.1, 0.15) is 58.6 Å². The molecule has 2 bridgehead atoms. The van der Waals surface area contributed by atoms with Crippen molar-refractivity contribution in [3.63, 3.8) is 0 Å².